The third-order valence-corrected chi connectivity index (χ3v) is 4.13. The van der Waals surface area contributed by atoms with Gasteiger partial charge in [0.05, 0.1) is 18.2 Å². The van der Waals surface area contributed by atoms with Crippen molar-refractivity contribution < 1.29 is 23.0 Å². The van der Waals surface area contributed by atoms with Gasteiger partial charge in [0, 0.05) is 24.6 Å². The minimum atomic E-state index is -3.31. The minimum absolute atomic E-state index is 0.0293. The minimum Gasteiger partial charge on any atom is -0.398 e. The molecule has 0 N–H and O–H groups in total. The van der Waals surface area contributed by atoms with Gasteiger partial charge in [0.2, 0.25) is 0 Å². The molecule has 4 nitrogen and oxygen atoms in total. The van der Waals surface area contributed by atoms with E-state index in [2.05, 4.69) is 4.98 Å². The molecule has 3 rings (SSSR count). The van der Waals surface area contributed by atoms with Crippen molar-refractivity contribution in [2.75, 3.05) is 13.5 Å². The van der Waals surface area contributed by atoms with Crippen LogP contribution in [0.1, 0.15) is 65.7 Å². The SMILES string of the molecule is [2H]C([2H])([2H])N1C([2H])([2H])C([2H])([2H])C([2H])([2H])C1([2H])c1ccc(B2OC(C)(C)C(C)(C)O2)nc1. The number of rotatable bonds is 2. The Hall–Kier alpha value is -0.905. The molecule has 0 saturated carbocycles. The third-order valence-electron chi connectivity index (χ3n) is 4.13. The van der Waals surface area contributed by atoms with Gasteiger partial charge in [-0.2, -0.15) is 0 Å². The molecule has 21 heavy (non-hydrogen) atoms. The van der Waals surface area contributed by atoms with Gasteiger partial charge in [-0.25, -0.2) is 0 Å². The van der Waals surface area contributed by atoms with Crippen LogP contribution in [0.25, 0.3) is 0 Å². The first kappa shape index (κ1) is 7.11. The number of hydrogen-bond acceptors (Lipinski definition) is 4. The lowest BCUT2D eigenvalue weighted by Crippen LogP contribution is -2.41. The number of pyridine rings is 1. The van der Waals surface area contributed by atoms with Gasteiger partial charge in [-0.3, -0.25) is 9.88 Å². The predicted octanol–water partition coefficient (Wildman–Crippen LogP) is 2.15. The summed E-state index contributed by atoms with van der Waals surface area (Å²) in [5.41, 5.74) is -1.28. The van der Waals surface area contributed by atoms with Crippen LogP contribution in [0.5, 0.6) is 0 Å². The molecule has 0 radical (unpaired) electrons. The van der Waals surface area contributed by atoms with Crippen molar-refractivity contribution in [3.8, 4) is 0 Å². The Morgan fingerprint density at radius 1 is 1.38 bits per heavy atom. The zero-order valence-corrected chi connectivity index (χ0v) is 12.5. The number of aromatic nitrogens is 1. The van der Waals surface area contributed by atoms with Gasteiger partial charge < -0.3 is 9.31 Å². The molecule has 1 unspecified atom stereocenters. The van der Waals surface area contributed by atoms with E-state index in [0.717, 1.165) is 6.20 Å². The summed E-state index contributed by atoms with van der Waals surface area (Å²) >= 11 is 0. The molecule has 3 heterocycles. The maximum atomic E-state index is 8.76. The largest absolute Gasteiger partial charge is 0.514 e. The second kappa shape index (κ2) is 5.08. The van der Waals surface area contributed by atoms with Crippen molar-refractivity contribution in [2.45, 2.75) is 57.7 Å². The number of nitrogens with zero attached hydrogens (tertiary/aromatic N) is 2. The van der Waals surface area contributed by atoms with E-state index in [0.29, 0.717) is 5.59 Å². The lowest BCUT2D eigenvalue weighted by molar-refractivity contribution is 0.00578. The highest BCUT2D eigenvalue weighted by atomic mass is 16.7. The quantitative estimate of drug-likeness (QED) is 0.784. The van der Waals surface area contributed by atoms with Crippen molar-refractivity contribution in [2.24, 2.45) is 0 Å². The van der Waals surface area contributed by atoms with Gasteiger partial charge >= 0.3 is 7.12 Å². The van der Waals surface area contributed by atoms with Crippen LogP contribution in [0.15, 0.2) is 18.3 Å². The summed E-state index contributed by atoms with van der Waals surface area (Å²) in [7, 11) is -0.849. The normalized spacial score (nSPS) is 46.6. The topological polar surface area (TPSA) is 34.6 Å². The first-order valence-corrected chi connectivity index (χ1v) is 6.77. The van der Waals surface area contributed by atoms with Crippen molar-refractivity contribution in [3.63, 3.8) is 0 Å². The molecule has 114 valence electrons. The third kappa shape index (κ3) is 2.63. The molecule has 5 heteroatoms. The monoisotopic (exact) mass is 298 g/mol. The van der Waals surface area contributed by atoms with Crippen LogP contribution in [0, 0.1) is 0 Å². The standard InChI is InChI=1S/C16H25BN2O2/c1-15(2)16(3,4)21-17(20-15)14-9-8-12(11-18-14)13-7-6-10-19(13)5/h8-9,11,13H,6-7,10H2,1-5H3/i5D3,6D2,7D2,10D2,13D. The van der Waals surface area contributed by atoms with E-state index in [9.17, 15) is 0 Å². The Bertz CT molecular complexity index is 858. The number of hydrogen-bond donors (Lipinski definition) is 0. The Morgan fingerprint density at radius 3 is 2.67 bits per heavy atom. The Labute approximate surface area is 142 Å². The first-order valence-electron chi connectivity index (χ1n) is 11.8. The van der Waals surface area contributed by atoms with E-state index < -0.39 is 50.6 Å². The molecule has 2 aliphatic heterocycles. The molecule has 0 aromatic carbocycles. The molecule has 1 aromatic heterocycles. The molecule has 2 aliphatic rings. The van der Waals surface area contributed by atoms with Crippen LogP contribution in [-0.2, 0) is 9.31 Å². The summed E-state index contributed by atoms with van der Waals surface area (Å²) in [5.74, 6) is 0. The maximum Gasteiger partial charge on any atom is 0.514 e. The summed E-state index contributed by atoms with van der Waals surface area (Å²) in [4.78, 5) is 4.14. The van der Waals surface area contributed by atoms with Gasteiger partial charge in [-0.1, -0.05) is 6.07 Å². The van der Waals surface area contributed by atoms with Crippen LogP contribution in [-0.4, -0.2) is 41.7 Å². The van der Waals surface area contributed by atoms with Gasteiger partial charge in [0.15, 0.2) is 0 Å². The molecule has 1 aromatic rings. The van der Waals surface area contributed by atoms with Crippen LogP contribution in [0.2, 0.25) is 0 Å². The highest BCUT2D eigenvalue weighted by molar-refractivity contribution is 6.61. The molecule has 0 aliphatic carbocycles. The van der Waals surface area contributed by atoms with E-state index in [-0.39, 0.29) is 10.5 Å². The average molecular weight is 298 g/mol. The molecule has 0 amide bonds. The molecular formula is C16H25BN2O2. The zero-order valence-electron chi connectivity index (χ0n) is 22.5. The van der Waals surface area contributed by atoms with E-state index in [1.807, 2.05) is 27.7 Å². The molecular weight excluding hydrogens is 263 g/mol. The van der Waals surface area contributed by atoms with Crippen molar-refractivity contribution >= 4 is 12.7 Å². The van der Waals surface area contributed by atoms with Crippen molar-refractivity contribution in [1.82, 2.24) is 9.88 Å². The van der Waals surface area contributed by atoms with Gasteiger partial charge in [0.1, 0.15) is 0 Å². The van der Waals surface area contributed by atoms with Crippen LogP contribution in [0.4, 0.5) is 0 Å². The van der Waals surface area contributed by atoms with Crippen molar-refractivity contribution in [1.29, 1.82) is 0 Å². The average Bonchev–Trinajstić information content (AvgIpc) is 2.84. The highest BCUT2D eigenvalue weighted by Crippen LogP contribution is 2.36. The summed E-state index contributed by atoms with van der Waals surface area (Å²) in [6, 6.07) is -0.313. The number of likely N-dealkylation sites (tertiary alicyclic amines) is 1. The highest BCUT2D eigenvalue weighted by Gasteiger charge is 2.52. The summed E-state index contributed by atoms with van der Waals surface area (Å²) in [5, 5.41) is 0. The Balaban J connectivity index is 2.09. The van der Waals surface area contributed by atoms with Gasteiger partial charge in [0.25, 0.3) is 0 Å². The van der Waals surface area contributed by atoms with E-state index in [1.165, 1.54) is 12.1 Å². The smallest absolute Gasteiger partial charge is 0.398 e. The second-order valence-electron chi connectivity index (χ2n) is 6.11. The molecule has 2 fully saturated rings. The fourth-order valence-electron chi connectivity index (χ4n) is 2.10. The lowest BCUT2D eigenvalue weighted by Gasteiger charge is -2.32. The van der Waals surface area contributed by atoms with Crippen LogP contribution in [0.3, 0.4) is 0 Å². The molecule has 2 saturated heterocycles. The predicted molar refractivity (Wildman–Crippen MR) is 84.6 cm³/mol. The fourth-order valence-corrected chi connectivity index (χ4v) is 2.10. The Morgan fingerprint density at radius 2 is 2.10 bits per heavy atom. The second-order valence-corrected chi connectivity index (χ2v) is 6.11. The summed E-state index contributed by atoms with van der Waals surface area (Å²) in [6.07, 6.45) is -5.49. The van der Waals surface area contributed by atoms with Crippen LogP contribution < -0.4 is 5.59 Å². The first-order chi connectivity index (χ1) is 13.6. The lowest BCUT2D eigenvalue weighted by atomic mass is 9.84. The van der Waals surface area contributed by atoms with Crippen LogP contribution >= 0.6 is 0 Å². The van der Waals surface area contributed by atoms with Gasteiger partial charge in [-0.05, 0) is 65.5 Å². The van der Waals surface area contributed by atoms with E-state index >= 15 is 0 Å². The maximum absolute atomic E-state index is 8.76. The molecule has 0 bridgehead atoms. The fraction of sp³-hybridized carbons (Fsp3) is 0.688. The summed E-state index contributed by atoms with van der Waals surface area (Å²) in [6.45, 7) is 0.815. The zero-order chi connectivity index (χ0) is 24.1. The molecule has 0 spiro atoms. The van der Waals surface area contributed by atoms with Gasteiger partial charge in [-0.15, -0.1) is 0 Å². The van der Waals surface area contributed by atoms with E-state index in [1.54, 1.807) is 0 Å². The van der Waals surface area contributed by atoms with E-state index in [4.69, 9.17) is 23.0 Å². The Kier molecular flexibility index (Phi) is 1.72. The van der Waals surface area contributed by atoms with Crippen molar-refractivity contribution in [3.05, 3.63) is 23.9 Å². The molecule has 1 atom stereocenters. The summed E-state index contributed by atoms with van der Waals surface area (Å²) < 4.78 is 92.4.